The Hall–Kier alpha value is -1.54. The van der Waals surface area contributed by atoms with Gasteiger partial charge >= 0.3 is 0 Å². The van der Waals surface area contributed by atoms with E-state index in [1.165, 1.54) is 10.2 Å². The minimum atomic E-state index is -3.25. The van der Waals surface area contributed by atoms with Crippen molar-refractivity contribution in [2.24, 2.45) is 10.8 Å². The number of guanidine groups is 1. The third-order valence-corrected chi connectivity index (χ3v) is 4.33. The molecule has 0 radical (unpaired) electrons. The molecule has 0 spiro atoms. The van der Waals surface area contributed by atoms with Crippen LogP contribution in [-0.4, -0.2) is 30.3 Å². The SMILES string of the molecule is CCCCCS(=O)(=O)n1ccc(CC=NNC(=N)N)c1.Cl. The first kappa shape index (κ1) is 19.5. The monoisotopic (exact) mass is 335 g/mol. The average Bonchev–Trinajstić information content (AvgIpc) is 2.84. The molecule has 0 aliphatic heterocycles. The van der Waals surface area contributed by atoms with Crippen LogP contribution in [-0.2, 0) is 16.4 Å². The third-order valence-electron chi connectivity index (χ3n) is 2.66. The predicted octanol–water partition coefficient (Wildman–Crippen LogP) is 1.29. The van der Waals surface area contributed by atoms with E-state index in [4.69, 9.17) is 11.1 Å². The summed E-state index contributed by atoms with van der Waals surface area (Å²) in [6, 6.07) is 1.73. The zero-order chi connectivity index (χ0) is 15.0. The molecule has 0 unspecified atom stereocenters. The molecule has 0 atom stereocenters. The van der Waals surface area contributed by atoms with Crippen molar-refractivity contribution in [3.05, 3.63) is 24.0 Å². The number of hydrogen-bond donors (Lipinski definition) is 3. The molecule has 1 aromatic heterocycles. The van der Waals surface area contributed by atoms with Crippen LogP contribution < -0.4 is 11.2 Å². The number of hydrogen-bond acceptors (Lipinski definition) is 4. The lowest BCUT2D eigenvalue weighted by Gasteiger charge is -2.04. The molecule has 7 nitrogen and oxygen atoms in total. The topological polar surface area (TPSA) is 113 Å². The van der Waals surface area contributed by atoms with E-state index in [0.29, 0.717) is 12.8 Å². The molecule has 0 aromatic carbocycles. The van der Waals surface area contributed by atoms with Crippen LogP contribution in [0.25, 0.3) is 0 Å². The zero-order valence-electron chi connectivity index (χ0n) is 11.9. The minimum absolute atomic E-state index is 0. The molecule has 0 aliphatic rings. The summed E-state index contributed by atoms with van der Waals surface area (Å²) in [5.41, 5.74) is 8.19. The van der Waals surface area contributed by atoms with Gasteiger partial charge in [-0.1, -0.05) is 19.8 Å². The van der Waals surface area contributed by atoms with Crippen LogP contribution in [0, 0.1) is 5.41 Å². The van der Waals surface area contributed by atoms with Crippen LogP contribution in [0.15, 0.2) is 23.6 Å². The van der Waals surface area contributed by atoms with Crippen molar-refractivity contribution < 1.29 is 8.42 Å². The molecule has 0 fully saturated rings. The molecule has 9 heteroatoms. The number of nitrogens with two attached hydrogens (primary N) is 1. The second-order valence-electron chi connectivity index (χ2n) is 4.41. The Kier molecular flexibility index (Phi) is 8.72. The Morgan fingerprint density at radius 1 is 1.52 bits per heavy atom. The highest BCUT2D eigenvalue weighted by molar-refractivity contribution is 7.89. The second-order valence-corrected chi connectivity index (χ2v) is 6.41. The number of nitrogens with one attached hydrogen (secondary N) is 2. The molecule has 0 aliphatic carbocycles. The molecule has 120 valence electrons. The highest BCUT2D eigenvalue weighted by Gasteiger charge is 2.12. The predicted molar refractivity (Wildman–Crippen MR) is 87.6 cm³/mol. The first-order valence-corrected chi connectivity index (χ1v) is 8.08. The second kappa shape index (κ2) is 9.41. The summed E-state index contributed by atoms with van der Waals surface area (Å²) in [4.78, 5) is 0. The number of unbranched alkanes of at least 4 members (excludes halogenated alkanes) is 2. The van der Waals surface area contributed by atoms with Crippen LogP contribution >= 0.6 is 12.4 Å². The fourth-order valence-electron chi connectivity index (χ4n) is 1.62. The summed E-state index contributed by atoms with van der Waals surface area (Å²) >= 11 is 0. The molecular formula is C12H22ClN5O2S. The van der Waals surface area contributed by atoms with Crippen LogP contribution in [0.3, 0.4) is 0 Å². The molecule has 0 saturated carbocycles. The quantitative estimate of drug-likeness (QED) is 0.287. The fourth-order valence-corrected chi connectivity index (χ4v) is 2.94. The van der Waals surface area contributed by atoms with Crippen LogP contribution in [0.2, 0.25) is 0 Å². The average molecular weight is 336 g/mol. The number of nitrogens with zero attached hydrogens (tertiary/aromatic N) is 2. The number of rotatable bonds is 8. The first-order valence-electron chi connectivity index (χ1n) is 6.47. The van der Waals surface area contributed by atoms with Gasteiger partial charge in [-0.05, 0) is 18.1 Å². The number of halogens is 1. The first-order chi connectivity index (χ1) is 9.45. The number of hydrazone groups is 1. The Morgan fingerprint density at radius 2 is 2.24 bits per heavy atom. The lowest BCUT2D eigenvalue weighted by Crippen LogP contribution is -2.25. The van der Waals surface area contributed by atoms with Crippen LogP contribution in [0.1, 0.15) is 31.7 Å². The van der Waals surface area contributed by atoms with Gasteiger partial charge in [0.05, 0.1) is 5.75 Å². The van der Waals surface area contributed by atoms with Gasteiger partial charge in [0.15, 0.2) is 0 Å². The molecule has 21 heavy (non-hydrogen) atoms. The zero-order valence-corrected chi connectivity index (χ0v) is 13.6. The third kappa shape index (κ3) is 7.14. The lowest BCUT2D eigenvalue weighted by molar-refractivity contribution is 0.582. The van der Waals surface area contributed by atoms with Crippen molar-refractivity contribution in [1.29, 1.82) is 5.41 Å². The van der Waals surface area contributed by atoms with Crippen molar-refractivity contribution in [2.45, 2.75) is 32.6 Å². The Balaban J connectivity index is 0.00000400. The van der Waals surface area contributed by atoms with Gasteiger partial charge in [-0.3, -0.25) is 9.38 Å². The molecule has 4 N–H and O–H groups in total. The van der Waals surface area contributed by atoms with Gasteiger partial charge in [0.25, 0.3) is 0 Å². The largest absolute Gasteiger partial charge is 0.369 e. The summed E-state index contributed by atoms with van der Waals surface area (Å²) in [5.74, 6) is -0.0769. The molecule has 1 heterocycles. The van der Waals surface area contributed by atoms with E-state index in [2.05, 4.69) is 10.5 Å². The Labute approximate surface area is 131 Å². The van der Waals surface area contributed by atoms with Gasteiger partial charge in [-0.15, -0.1) is 12.4 Å². The maximum Gasteiger partial charge on any atom is 0.238 e. The molecule has 0 amide bonds. The van der Waals surface area contributed by atoms with Crippen LogP contribution in [0.4, 0.5) is 0 Å². The van der Waals surface area contributed by atoms with E-state index in [0.717, 1.165) is 18.4 Å². The maximum atomic E-state index is 12.0. The minimum Gasteiger partial charge on any atom is -0.369 e. The van der Waals surface area contributed by atoms with Crippen molar-refractivity contribution in [1.82, 2.24) is 9.40 Å². The Bertz CT molecular complexity index is 568. The van der Waals surface area contributed by atoms with Gasteiger partial charge in [0, 0.05) is 25.0 Å². The van der Waals surface area contributed by atoms with Crippen molar-refractivity contribution >= 4 is 34.6 Å². The molecule has 0 bridgehead atoms. The highest BCUT2D eigenvalue weighted by atomic mass is 35.5. The van der Waals surface area contributed by atoms with Crippen molar-refractivity contribution in [2.75, 3.05) is 5.75 Å². The van der Waals surface area contributed by atoms with E-state index < -0.39 is 10.0 Å². The van der Waals surface area contributed by atoms with E-state index in [1.54, 1.807) is 18.5 Å². The maximum absolute atomic E-state index is 12.0. The molecule has 1 rings (SSSR count). The fraction of sp³-hybridized carbons (Fsp3) is 0.500. The van der Waals surface area contributed by atoms with E-state index in [-0.39, 0.29) is 24.1 Å². The van der Waals surface area contributed by atoms with E-state index in [1.807, 2.05) is 6.92 Å². The van der Waals surface area contributed by atoms with Gasteiger partial charge < -0.3 is 5.73 Å². The van der Waals surface area contributed by atoms with Gasteiger partial charge in [-0.2, -0.15) is 5.10 Å². The van der Waals surface area contributed by atoms with Gasteiger partial charge in [-0.25, -0.2) is 13.8 Å². The lowest BCUT2D eigenvalue weighted by atomic mass is 10.3. The molecular weight excluding hydrogens is 314 g/mol. The standard InChI is InChI=1S/C12H21N5O2S.ClH/c1-2-3-4-9-20(18,19)17-8-6-11(10-17)5-7-15-16-12(13)14;/h6-8,10H,2-5,9H2,1H3,(H4,13,14,16);1H. The summed E-state index contributed by atoms with van der Waals surface area (Å²) in [7, 11) is -3.25. The molecule has 1 aromatic rings. The van der Waals surface area contributed by atoms with Gasteiger partial charge in [0.1, 0.15) is 0 Å². The Morgan fingerprint density at radius 3 is 2.86 bits per heavy atom. The van der Waals surface area contributed by atoms with E-state index in [9.17, 15) is 8.42 Å². The summed E-state index contributed by atoms with van der Waals surface area (Å²) in [6.07, 6.45) is 7.71. The van der Waals surface area contributed by atoms with E-state index >= 15 is 0 Å². The van der Waals surface area contributed by atoms with Crippen molar-refractivity contribution in [3.63, 3.8) is 0 Å². The normalized spacial score (nSPS) is 11.3. The summed E-state index contributed by atoms with van der Waals surface area (Å²) in [6.45, 7) is 2.04. The van der Waals surface area contributed by atoms with Crippen LogP contribution in [0.5, 0.6) is 0 Å². The summed E-state index contributed by atoms with van der Waals surface area (Å²) < 4.78 is 25.3. The van der Waals surface area contributed by atoms with Crippen molar-refractivity contribution in [3.8, 4) is 0 Å². The highest BCUT2D eigenvalue weighted by Crippen LogP contribution is 2.08. The smallest absolute Gasteiger partial charge is 0.238 e. The number of aromatic nitrogens is 1. The summed E-state index contributed by atoms with van der Waals surface area (Å²) in [5, 5.41) is 10.6. The molecule has 0 saturated heterocycles. The van der Waals surface area contributed by atoms with Gasteiger partial charge in [0.2, 0.25) is 16.0 Å².